The van der Waals surface area contributed by atoms with Crippen LogP contribution >= 0.6 is 22.9 Å². The summed E-state index contributed by atoms with van der Waals surface area (Å²) in [5.41, 5.74) is 2.19. The molecule has 3 rings (SSSR count). The second-order valence-electron chi connectivity index (χ2n) is 5.50. The van der Waals surface area contributed by atoms with E-state index in [4.69, 9.17) is 11.6 Å². The molecule has 0 saturated heterocycles. The number of halogens is 1. The number of aromatic amines is 1. The Hall–Kier alpha value is -2.05. The van der Waals surface area contributed by atoms with Crippen LogP contribution in [0.1, 0.15) is 10.4 Å². The highest BCUT2D eigenvalue weighted by Crippen LogP contribution is 2.22. The van der Waals surface area contributed by atoms with E-state index in [1.165, 1.54) is 15.8 Å². The molecular formula is C17H20ClN5S. The van der Waals surface area contributed by atoms with E-state index in [0.29, 0.717) is 0 Å². The lowest BCUT2D eigenvalue weighted by Crippen LogP contribution is -2.39. The minimum atomic E-state index is 0.786. The first kappa shape index (κ1) is 16.8. The lowest BCUT2D eigenvalue weighted by atomic mass is 10.1. The Morgan fingerprint density at radius 3 is 3.04 bits per heavy atom. The summed E-state index contributed by atoms with van der Waals surface area (Å²) in [5, 5.41) is 4.59. The van der Waals surface area contributed by atoms with E-state index in [-0.39, 0.29) is 0 Å². The van der Waals surface area contributed by atoms with Gasteiger partial charge in [-0.15, -0.1) is 11.3 Å². The summed E-state index contributed by atoms with van der Waals surface area (Å²) in [5.74, 6) is 0.873. The monoisotopic (exact) mass is 361 g/mol. The van der Waals surface area contributed by atoms with Gasteiger partial charge in [-0.25, -0.2) is 4.98 Å². The van der Waals surface area contributed by atoms with Crippen LogP contribution in [0.3, 0.4) is 0 Å². The molecule has 0 aliphatic heterocycles. The first-order valence-electron chi connectivity index (χ1n) is 7.74. The number of pyridine rings is 1. The van der Waals surface area contributed by atoms with Crippen molar-refractivity contribution < 1.29 is 0 Å². The maximum absolute atomic E-state index is 5.99. The van der Waals surface area contributed by atoms with Crippen molar-refractivity contribution in [3.8, 4) is 0 Å². The minimum Gasteiger partial charge on any atom is -0.356 e. The molecule has 0 bridgehead atoms. The van der Waals surface area contributed by atoms with Gasteiger partial charge in [0.25, 0.3) is 0 Å². The zero-order chi connectivity index (χ0) is 16.9. The number of guanidine groups is 1. The number of aromatic nitrogens is 2. The largest absolute Gasteiger partial charge is 0.356 e. The molecule has 0 saturated carbocycles. The second-order valence-corrected chi connectivity index (χ2v) is 7.30. The number of fused-ring (bicyclic) bond motifs is 1. The van der Waals surface area contributed by atoms with E-state index in [0.717, 1.165) is 35.5 Å². The SMILES string of the molecule is CN=C(NCCc1c[nH]c2ncccc12)N(C)Cc1ccc(Cl)s1. The highest BCUT2D eigenvalue weighted by molar-refractivity contribution is 7.16. The van der Waals surface area contributed by atoms with E-state index in [9.17, 15) is 0 Å². The van der Waals surface area contributed by atoms with Gasteiger partial charge in [-0.3, -0.25) is 4.99 Å². The van der Waals surface area contributed by atoms with Gasteiger partial charge >= 0.3 is 0 Å². The topological polar surface area (TPSA) is 56.3 Å². The Morgan fingerprint density at radius 2 is 2.29 bits per heavy atom. The predicted octanol–water partition coefficient (Wildman–Crippen LogP) is 3.53. The van der Waals surface area contributed by atoms with Crippen LogP contribution in [0, 0.1) is 0 Å². The standard InChI is InChI=1S/C17H20ClN5S/c1-19-17(23(2)11-13-5-6-15(18)24-13)21-9-7-12-10-22-16-14(12)4-3-8-20-16/h3-6,8,10H,7,9,11H2,1-2H3,(H,19,21)(H,20,22). The predicted molar refractivity (Wildman–Crippen MR) is 102 cm³/mol. The van der Waals surface area contributed by atoms with Crippen LogP contribution in [0.25, 0.3) is 11.0 Å². The molecule has 24 heavy (non-hydrogen) atoms. The van der Waals surface area contributed by atoms with Crippen molar-refractivity contribution in [1.82, 2.24) is 20.2 Å². The maximum Gasteiger partial charge on any atom is 0.193 e. The highest BCUT2D eigenvalue weighted by Gasteiger charge is 2.09. The Morgan fingerprint density at radius 1 is 1.42 bits per heavy atom. The molecule has 0 aliphatic carbocycles. The van der Waals surface area contributed by atoms with Crippen LogP contribution in [-0.4, -0.2) is 41.5 Å². The third-order valence-electron chi connectivity index (χ3n) is 3.81. The van der Waals surface area contributed by atoms with Crippen molar-refractivity contribution in [3.63, 3.8) is 0 Å². The molecule has 3 aromatic heterocycles. The third-order valence-corrected chi connectivity index (χ3v) is 5.03. The smallest absolute Gasteiger partial charge is 0.193 e. The lowest BCUT2D eigenvalue weighted by molar-refractivity contribution is 0.482. The molecule has 2 N–H and O–H groups in total. The maximum atomic E-state index is 5.99. The van der Waals surface area contributed by atoms with Crippen molar-refractivity contribution in [1.29, 1.82) is 0 Å². The summed E-state index contributed by atoms with van der Waals surface area (Å²) in [7, 11) is 3.83. The summed E-state index contributed by atoms with van der Waals surface area (Å²) >= 11 is 7.59. The number of nitrogens with zero attached hydrogens (tertiary/aromatic N) is 3. The summed E-state index contributed by atoms with van der Waals surface area (Å²) in [6.45, 7) is 1.60. The van der Waals surface area contributed by atoms with Crippen LogP contribution < -0.4 is 5.32 Å². The first-order chi connectivity index (χ1) is 11.7. The lowest BCUT2D eigenvalue weighted by Gasteiger charge is -2.21. The van der Waals surface area contributed by atoms with Gasteiger partial charge in [0, 0.05) is 43.3 Å². The van der Waals surface area contributed by atoms with Crippen molar-refractivity contribution >= 4 is 39.9 Å². The van der Waals surface area contributed by atoms with Crippen LogP contribution in [0.4, 0.5) is 0 Å². The van der Waals surface area contributed by atoms with Gasteiger partial charge in [0.05, 0.1) is 10.9 Å². The fraction of sp³-hybridized carbons (Fsp3) is 0.294. The van der Waals surface area contributed by atoms with Crippen molar-refractivity contribution in [3.05, 3.63) is 51.4 Å². The van der Waals surface area contributed by atoms with Crippen LogP contribution in [0.15, 0.2) is 41.7 Å². The summed E-state index contributed by atoms with van der Waals surface area (Å²) < 4.78 is 0.814. The number of rotatable bonds is 5. The fourth-order valence-electron chi connectivity index (χ4n) is 2.66. The molecule has 3 heterocycles. The Balaban J connectivity index is 1.56. The van der Waals surface area contributed by atoms with Crippen molar-refractivity contribution in [2.24, 2.45) is 4.99 Å². The normalized spacial score (nSPS) is 11.9. The summed E-state index contributed by atoms with van der Waals surface area (Å²) in [4.78, 5) is 15.2. The zero-order valence-corrected chi connectivity index (χ0v) is 15.3. The van der Waals surface area contributed by atoms with Crippen molar-refractivity contribution in [2.45, 2.75) is 13.0 Å². The molecule has 5 nitrogen and oxygen atoms in total. The molecule has 0 amide bonds. The van der Waals surface area contributed by atoms with Gasteiger partial charge in [0.2, 0.25) is 0 Å². The van der Waals surface area contributed by atoms with Gasteiger partial charge in [-0.1, -0.05) is 11.6 Å². The van der Waals surface area contributed by atoms with E-state index in [1.807, 2.05) is 25.4 Å². The van der Waals surface area contributed by atoms with Gasteiger partial charge < -0.3 is 15.2 Å². The molecule has 0 unspecified atom stereocenters. The number of H-pyrrole nitrogens is 1. The second kappa shape index (κ2) is 7.68. The van der Waals surface area contributed by atoms with Crippen LogP contribution in [0.2, 0.25) is 4.34 Å². The number of aliphatic imine (C=N–C) groups is 1. The fourth-order valence-corrected chi connectivity index (χ4v) is 3.80. The van der Waals surface area contributed by atoms with Crippen LogP contribution in [-0.2, 0) is 13.0 Å². The molecule has 0 aliphatic rings. The van der Waals surface area contributed by atoms with Crippen molar-refractivity contribution in [2.75, 3.05) is 20.6 Å². The highest BCUT2D eigenvalue weighted by atomic mass is 35.5. The van der Waals surface area contributed by atoms with Gasteiger partial charge in [0.15, 0.2) is 5.96 Å². The summed E-state index contributed by atoms with van der Waals surface area (Å²) in [6.07, 6.45) is 4.73. The molecule has 0 spiro atoms. The molecule has 3 aromatic rings. The molecule has 126 valence electrons. The van der Waals surface area contributed by atoms with E-state index in [1.54, 1.807) is 24.6 Å². The van der Waals surface area contributed by atoms with Crippen LogP contribution in [0.5, 0.6) is 0 Å². The molecule has 0 atom stereocenters. The van der Waals surface area contributed by atoms with E-state index < -0.39 is 0 Å². The molecular weight excluding hydrogens is 342 g/mol. The van der Waals surface area contributed by atoms with Gasteiger partial charge in [0.1, 0.15) is 5.65 Å². The Bertz CT molecular complexity index is 838. The Kier molecular flexibility index (Phi) is 5.37. The number of nitrogens with one attached hydrogen (secondary N) is 2. The molecule has 0 radical (unpaired) electrons. The third kappa shape index (κ3) is 3.88. The molecule has 7 heteroatoms. The van der Waals surface area contributed by atoms with E-state index >= 15 is 0 Å². The molecule has 0 aromatic carbocycles. The number of thiophene rings is 1. The quantitative estimate of drug-likeness (QED) is 0.540. The number of hydrogen-bond acceptors (Lipinski definition) is 3. The minimum absolute atomic E-state index is 0.786. The van der Waals surface area contributed by atoms with Gasteiger partial charge in [-0.2, -0.15) is 0 Å². The zero-order valence-electron chi connectivity index (χ0n) is 13.7. The first-order valence-corrected chi connectivity index (χ1v) is 8.94. The van der Waals surface area contributed by atoms with E-state index in [2.05, 4.69) is 37.3 Å². The molecule has 0 fully saturated rings. The average molecular weight is 362 g/mol. The van der Waals surface area contributed by atoms with Gasteiger partial charge in [-0.05, 0) is 36.2 Å². The Labute approximate surface area is 150 Å². The number of hydrogen-bond donors (Lipinski definition) is 2. The summed E-state index contributed by atoms with van der Waals surface area (Å²) in [6, 6.07) is 8.04. The average Bonchev–Trinajstić information content (AvgIpc) is 3.18.